The summed E-state index contributed by atoms with van der Waals surface area (Å²) in [5.74, 6) is -1.53. The van der Waals surface area contributed by atoms with Crippen LogP contribution >= 0.6 is 0 Å². The molecule has 4 atom stereocenters. The number of nitriles is 3. The summed E-state index contributed by atoms with van der Waals surface area (Å²) in [5, 5.41) is 39.2. The quantitative estimate of drug-likeness (QED) is 0.519. The molecule has 32 heavy (non-hydrogen) atoms. The molecule has 2 heterocycles. The Bertz CT molecular complexity index is 957. The average molecular weight is 435 g/mol. The lowest BCUT2D eigenvalue weighted by Gasteiger charge is -2.48. The van der Waals surface area contributed by atoms with Gasteiger partial charge in [-0.15, -0.1) is 0 Å². The van der Waals surface area contributed by atoms with Crippen molar-refractivity contribution < 1.29 is 14.2 Å². The van der Waals surface area contributed by atoms with Gasteiger partial charge in [0.05, 0.1) is 30.7 Å². The first-order chi connectivity index (χ1) is 15.4. The second-order valence-electron chi connectivity index (χ2n) is 8.72. The number of unbranched alkanes of at least 4 members (excludes halogenated alkanes) is 3. The van der Waals surface area contributed by atoms with Gasteiger partial charge >= 0.3 is 0 Å². The maximum Gasteiger partial charge on any atom is 0.214 e. The Morgan fingerprint density at radius 1 is 1.00 bits per heavy atom. The van der Waals surface area contributed by atoms with Gasteiger partial charge in [-0.1, -0.05) is 51.7 Å². The van der Waals surface area contributed by atoms with Crippen LogP contribution in [0.15, 0.2) is 24.3 Å². The van der Waals surface area contributed by atoms with Gasteiger partial charge in [-0.05, 0) is 30.5 Å². The van der Waals surface area contributed by atoms with E-state index >= 15 is 0 Å². The SMILES string of the molecule is CCCCCCOc1ccc(C2OC3(C)OC(=N)C(C#N)(C3CCC)C2(C#N)C#N)cc1. The van der Waals surface area contributed by atoms with E-state index in [0.29, 0.717) is 30.8 Å². The van der Waals surface area contributed by atoms with Crippen LogP contribution in [0.5, 0.6) is 5.75 Å². The Morgan fingerprint density at radius 2 is 1.69 bits per heavy atom. The third-order valence-corrected chi connectivity index (χ3v) is 6.74. The topological polar surface area (TPSA) is 123 Å². The molecule has 1 aromatic carbocycles. The molecular weight excluding hydrogens is 404 g/mol. The zero-order valence-electron chi connectivity index (χ0n) is 19.0. The minimum atomic E-state index is -1.92. The highest BCUT2D eigenvalue weighted by Crippen LogP contribution is 2.67. The van der Waals surface area contributed by atoms with Crippen molar-refractivity contribution >= 4 is 5.90 Å². The molecule has 3 rings (SSSR count). The number of fused-ring (bicyclic) bond motifs is 2. The lowest BCUT2D eigenvalue weighted by molar-refractivity contribution is -0.273. The average Bonchev–Trinajstić information content (AvgIpc) is 2.96. The van der Waals surface area contributed by atoms with Crippen LogP contribution in [0.3, 0.4) is 0 Å². The van der Waals surface area contributed by atoms with E-state index in [1.54, 1.807) is 31.2 Å². The van der Waals surface area contributed by atoms with Crippen LogP contribution in [0, 0.1) is 56.2 Å². The molecule has 2 saturated heterocycles. The van der Waals surface area contributed by atoms with Gasteiger partial charge in [0.1, 0.15) is 11.9 Å². The fourth-order valence-corrected chi connectivity index (χ4v) is 5.07. The van der Waals surface area contributed by atoms with E-state index < -0.39 is 28.6 Å². The molecule has 7 heteroatoms. The molecule has 0 saturated carbocycles. The minimum Gasteiger partial charge on any atom is -0.494 e. The van der Waals surface area contributed by atoms with Crippen LogP contribution in [-0.2, 0) is 9.47 Å². The van der Waals surface area contributed by atoms with E-state index in [1.165, 1.54) is 12.8 Å². The van der Waals surface area contributed by atoms with Gasteiger partial charge in [-0.25, -0.2) is 0 Å². The molecule has 0 amide bonds. The fraction of sp³-hybridized carbons (Fsp3) is 0.600. The maximum atomic E-state index is 10.3. The summed E-state index contributed by atoms with van der Waals surface area (Å²) in [6.07, 6.45) is 4.60. The predicted octanol–water partition coefficient (Wildman–Crippen LogP) is 5.40. The van der Waals surface area contributed by atoms with E-state index in [9.17, 15) is 15.8 Å². The van der Waals surface area contributed by atoms with Crippen molar-refractivity contribution in [2.75, 3.05) is 6.61 Å². The highest BCUT2D eigenvalue weighted by atomic mass is 16.7. The molecule has 1 N–H and O–H groups in total. The summed E-state index contributed by atoms with van der Waals surface area (Å²) in [4.78, 5) is 0. The third-order valence-electron chi connectivity index (χ3n) is 6.74. The number of ether oxygens (including phenoxy) is 3. The first-order valence-electron chi connectivity index (χ1n) is 11.3. The van der Waals surface area contributed by atoms with Crippen LogP contribution in [0.2, 0.25) is 0 Å². The zero-order chi connectivity index (χ0) is 23.4. The third kappa shape index (κ3) is 3.40. The molecule has 0 spiro atoms. The molecule has 1 aromatic rings. The van der Waals surface area contributed by atoms with Gasteiger partial charge in [0.2, 0.25) is 17.1 Å². The second-order valence-corrected chi connectivity index (χ2v) is 8.72. The molecule has 7 nitrogen and oxygen atoms in total. The lowest BCUT2D eigenvalue weighted by atomic mass is 9.53. The number of benzene rings is 1. The zero-order valence-corrected chi connectivity index (χ0v) is 19.0. The summed E-state index contributed by atoms with van der Waals surface area (Å²) >= 11 is 0. The van der Waals surface area contributed by atoms with Crippen molar-refractivity contribution in [1.82, 2.24) is 0 Å². The first-order valence-corrected chi connectivity index (χ1v) is 11.3. The minimum absolute atomic E-state index is 0.362. The van der Waals surface area contributed by atoms with Crippen LogP contribution in [0.25, 0.3) is 0 Å². The van der Waals surface area contributed by atoms with Gasteiger partial charge in [0.25, 0.3) is 0 Å². The first kappa shape index (κ1) is 23.6. The van der Waals surface area contributed by atoms with E-state index in [2.05, 4.69) is 25.1 Å². The monoisotopic (exact) mass is 434 g/mol. The number of nitrogens with one attached hydrogen (secondary N) is 1. The molecular formula is C25H30N4O3. The van der Waals surface area contributed by atoms with E-state index in [4.69, 9.17) is 19.6 Å². The Balaban J connectivity index is 1.96. The molecule has 2 aliphatic rings. The van der Waals surface area contributed by atoms with Crippen molar-refractivity contribution in [2.24, 2.45) is 16.7 Å². The number of hydrogen-bond acceptors (Lipinski definition) is 7. The Hall–Kier alpha value is -3.08. The fourth-order valence-electron chi connectivity index (χ4n) is 5.07. The number of rotatable bonds is 9. The molecule has 0 aromatic heterocycles. The lowest BCUT2D eigenvalue weighted by Crippen LogP contribution is -2.58. The van der Waals surface area contributed by atoms with Crippen molar-refractivity contribution in [3.05, 3.63) is 29.8 Å². The standard InChI is InChI=1S/C25H30N4O3/c1-4-6-7-8-14-30-19-12-10-18(11-13-19)21-24(15-26,16-27)25(17-28)20(9-5-2)23(3,31-21)32-22(25)29/h10-13,20-21,29H,4-9,14H2,1-3H3. The Morgan fingerprint density at radius 3 is 2.25 bits per heavy atom. The van der Waals surface area contributed by atoms with E-state index in [1.807, 2.05) is 6.92 Å². The number of hydrogen-bond donors (Lipinski definition) is 1. The number of nitrogens with zero attached hydrogens (tertiary/aromatic N) is 3. The molecule has 2 fully saturated rings. The van der Waals surface area contributed by atoms with Gasteiger partial charge in [0, 0.05) is 6.92 Å². The summed E-state index contributed by atoms with van der Waals surface area (Å²) < 4.78 is 17.8. The smallest absolute Gasteiger partial charge is 0.214 e. The van der Waals surface area contributed by atoms with Crippen LogP contribution in [0.4, 0.5) is 0 Å². The van der Waals surface area contributed by atoms with Gasteiger partial charge in [0.15, 0.2) is 5.41 Å². The van der Waals surface area contributed by atoms with Crippen LogP contribution in [0.1, 0.15) is 71.0 Å². The van der Waals surface area contributed by atoms with Crippen LogP contribution < -0.4 is 4.74 Å². The summed E-state index contributed by atoms with van der Waals surface area (Å²) in [6, 6.07) is 13.4. The Kier molecular flexibility index (Phi) is 6.77. The predicted molar refractivity (Wildman–Crippen MR) is 117 cm³/mol. The molecule has 168 valence electrons. The van der Waals surface area contributed by atoms with Gasteiger partial charge in [-0.2, -0.15) is 15.8 Å². The second kappa shape index (κ2) is 9.19. The maximum absolute atomic E-state index is 10.3. The van der Waals surface area contributed by atoms with Crippen molar-refractivity contribution in [3.63, 3.8) is 0 Å². The molecule has 2 aliphatic heterocycles. The van der Waals surface area contributed by atoms with E-state index in [0.717, 1.165) is 12.8 Å². The molecule has 0 aliphatic carbocycles. The van der Waals surface area contributed by atoms with E-state index in [-0.39, 0.29) is 5.90 Å². The summed E-state index contributed by atoms with van der Waals surface area (Å²) in [5.41, 5.74) is -3.05. The largest absolute Gasteiger partial charge is 0.494 e. The van der Waals surface area contributed by atoms with Crippen LogP contribution in [-0.4, -0.2) is 18.3 Å². The van der Waals surface area contributed by atoms with Crippen molar-refractivity contribution in [3.8, 4) is 24.0 Å². The molecule has 0 radical (unpaired) electrons. The Labute approximate surface area is 190 Å². The molecule has 4 unspecified atom stereocenters. The molecule has 2 bridgehead atoms. The normalized spacial score (nSPS) is 29.9. The van der Waals surface area contributed by atoms with Crippen molar-refractivity contribution in [1.29, 1.82) is 21.2 Å². The summed E-state index contributed by atoms with van der Waals surface area (Å²) in [7, 11) is 0. The van der Waals surface area contributed by atoms with Crippen molar-refractivity contribution in [2.45, 2.75) is 71.2 Å². The highest BCUT2D eigenvalue weighted by molar-refractivity contribution is 5.89. The van der Waals surface area contributed by atoms with Gasteiger partial charge < -0.3 is 14.2 Å². The van der Waals surface area contributed by atoms with Gasteiger partial charge in [-0.3, -0.25) is 5.41 Å². The summed E-state index contributed by atoms with van der Waals surface area (Å²) in [6.45, 7) is 6.43. The highest BCUT2D eigenvalue weighted by Gasteiger charge is 2.78.